The fourth-order valence-corrected chi connectivity index (χ4v) is 2.44. The van der Waals surface area contributed by atoms with Crippen molar-refractivity contribution in [1.29, 1.82) is 0 Å². The molecule has 0 saturated carbocycles. The molecule has 0 aliphatic carbocycles. The average molecular weight is 322 g/mol. The highest BCUT2D eigenvalue weighted by molar-refractivity contribution is 5.62. The van der Waals surface area contributed by atoms with Gasteiger partial charge in [0.1, 0.15) is 11.6 Å². The third kappa shape index (κ3) is 2.89. The fraction of sp³-hybridized carbons (Fsp3) is 0.176. The second-order valence-corrected chi connectivity index (χ2v) is 5.25. The molecule has 0 spiro atoms. The van der Waals surface area contributed by atoms with Gasteiger partial charge >= 0.3 is 5.69 Å². The first-order valence-corrected chi connectivity index (χ1v) is 7.62. The number of hydrogen-bond donors (Lipinski definition) is 1. The highest BCUT2D eigenvalue weighted by Crippen LogP contribution is 2.22. The van der Waals surface area contributed by atoms with Crippen LogP contribution in [0.1, 0.15) is 12.5 Å². The zero-order valence-electron chi connectivity index (χ0n) is 13.5. The normalized spacial score (nSPS) is 10.6. The summed E-state index contributed by atoms with van der Waals surface area (Å²) < 4.78 is 1.53. The van der Waals surface area contributed by atoms with Gasteiger partial charge < -0.3 is 0 Å². The predicted molar refractivity (Wildman–Crippen MR) is 92.7 cm³/mol. The number of benzene rings is 1. The van der Waals surface area contributed by atoms with E-state index in [4.69, 9.17) is 5.84 Å². The molecule has 3 rings (SSSR count). The minimum atomic E-state index is -0.396. The van der Waals surface area contributed by atoms with Crippen molar-refractivity contribution in [2.45, 2.75) is 20.4 Å². The number of aryl methyl sites for hydroxylation is 1. The van der Waals surface area contributed by atoms with Gasteiger partial charge in [-0.05, 0) is 31.5 Å². The van der Waals surface area contributed by atoms with E-state index in [1.165, 1.54) is 9.58 Å². The zero-order chi connectivity index (χ0) is 17.1. The van der Waals surface area contributed by atoms with E-state index in [9.17, 15) is 4.79 Å². The van der Waals surface area contributed by atoms with Crippen LogP contribution in [-0.4, -0.2) is 19.5 Å². The third-order valence-electron chi connectivity index (χ3n) is 3.70. The van der Waals surface area contributed by atoms with Crippen molar-refractivity contribution in [3.05, 3.63) is 64.7 Å². The molecule has 0 amide bonds. The number of anilines is 2. The van der Waals surface area contributed by atoms with Crippen LogP contribution in [0, 0.1) is 6.92 Å². The Morgan fingerprint density at radius 2 is 1.88 bits per heavy atom. The lowest BCUT2D eigenvalue weighted by atomic mass is 10.1. The maximum absolute atomic E-state index is 12.4. The quantitative estimate of drug-likeness (QED) is 0.584. The van der Waals surface area contributed by atoms with E-state index in [0.29, 0.717) is 18.2 Å². The second kappa shape index (κ2) is 6.59. The Morgan fingerprint density at radius 3 is 2.54 bits per heavy atom. The second-order valence-electron chi connectivity index (χ2n) is 5.25. The third-order valence-corrected chi connectivity index (χ3v) is 3.70. The summed E-state index contributed by atoms with van der Waals surface area (Å²) in [4.78, 5) is 25.1. The fourth-order valence-electron chi connectivity index (χ4n) is 2.44. The number of hydrogen-bond acceptors (Lipinski definition) is 6. The first-order chi connectivity index (χ1) is 11.6. The van der Waals surface area contributed by atoms with Gasteiger partial charge in [0.05, 0.1) is 0 Å². The van der Waals surface area contributed by atoms with Gasteiger partial charge in [-0.2, -0.15) is 9.97 Å². The molecule has 0 aliphatic rings. The van der Waals surface area contributed by atoms with Crippen molar-refractivity contribution in [1.82, 2.24) is 19.5 Å². The van der Waals surface area contributed by atoms with Gasteiger partial charge in [0.25, 0.3) is 5.95 Å². The summed E-state index contributed by atoms with van der Waals surface area (Å²) in [6.07, 6.45) is 1.62. The summed E-state index contributed by atoms with van der Waals surface area (Å²) >= 11 is 0. The van der Waals surface area contributed by atoms with E-state index in [1.807, 2.05) is 38.1 Å². The van der Waals surface area contributed by atoms with Crippen molar-refractivity contribution >= 4 is 11.8 Å². The van der Waals surface area contributed by atoms with Crippen molar-refractivity contribution in [3.63, 3.8) is 0 Å². The number of rotatable bonds is 4. The van der Waals surface area contributed by atoms with E-state index < -0.39 is 5.69 Å². The first-order valence-electron chi connectivity index (χ1n) is 7.62. The summed E-state index contributed by atoms with van der Waals surface area (Å²) in [5.41, 5.74) is 1.49. The summed E-state index contributed by atoms with van der Waals surface area (Å²) in [6, 6.07) is 13.1. The Kier molecular flexibility index (Phi) is 4.35. The van der Waals surface area contributed by atoms with E-state index in [1.54, 1.807) is 24.4 Å². The minimum absolute atomic E-state index is 0.113. The average Bonchev–Trinajstić information content (AvgIpc) is 2.61. The molecule has 0 aliphatic heterocycles. The van der Waals surface area contributed by atoms with Crippen LogP contribution >= 0.6 is 0 Å². The molecule has 3 aromatic rings. The molecule has 0 radical (unpaired) electrons. The Hall–Kier alpha value is -3.06. The van der Waals surface area contributed by atoms with E-state index in [-0.39, 0.29) is 5.95 Å². The van der Waals surface area contributed by atoms with E-state index >= 15 is 0 Å². The highest BCUT2D eigenvalue weighted by atomic mass is 16.1. The molecule has 2 N–H and O–H groups in total. The van der Waals surface area contributed by atoms with Crippen molar-refractivity contribution in [2.75, 3.05) is 5.01 Å². The van der Waals surface area contributed by atoms with Crippen LogP contribution in [0.25, 0.3) is 11.4 Å². The molecule has 7 nitrogen and oxygen atoms in total. The van der Waals surface area contributed by atoms with Crippen molar-refractivity contribution < 1.29 is 0 Å². The largest absolute Gasteiger partial charge is 0.352 e. The predicted octanol–water partition coefficient (Wildman–Crippen LogP) is 2.04. The Morgan fingerprint density at radius 1 is 1.12 bits per heavy atom. The van der Waals surface area contributed by atoms with Gasteiger partial charge in [-0.15, -0.1) is 0 Å². The minimum Gasteiger partial charge on any atom is -0.276 e. The van der Waals surface area contributed by atoms with Crippen molar-refractivity contribution in [3.8, 4) is 11.4 Å². The summed E-state index contributed by atoms with van der Waals surface area (Å²) in [7, 11) is 0. The Balaban J connectivity index is 2.18. The van der Waals surface area contributed by atoms with Crippen LogP contribution in [0.15, 0.2) is 53.5 Å². The summed E-state index contributed by atoms with van der Waals surface area (Å²) in [6.45, 7) is 4.32. The van der Waals surface area contributed by atoms with Gasteiger partial charge in [0.2, 0.25) is 0 Å². The molecule has 0 saturated heterocycles. The Bertz CT molecular complexity index is 906. The van der Waals surface area contributed by atoms with Gasteiger partial charge in [-0.25, -0.2) is 20.6 Å². The lowest BCUT2D eigenvalue weighted by molar-refractivity contribution is 0.681. The standard InChI is InChI=1S/C17H18N6O/c1-3-22-15(13-9-5-4-8-12(13)2)20-16(21-17(22)24)23(18)14-10-6-7-11-19-14/h4-11H,3,18H2,1-2H3. The monoisotopic (exact) mass is 322 g/mol. The number of hydrazine groups is 1. The number of pyridine rings is 1. The van der Waals surface area contributed by atoms with Gasteiger partial charge in [0, 0.05) is 18.3 Å². The van der Waals surface area contributed by atoms with Gasteiger partial charge in [-0.3, -0.25) is 4.57 Å². The molecule has 1 aromatic carbocycles. The lowest BCUT2D eigenvalue weighted by Gasteiger charge is -2.18. The molecule has 2 aromatic heterocycles. The lowest BCUT2D eigenvalue weighted by Crippen LogP contribution is -2.34. The number of nitrogens with zero attached hydrogens (tertiary/aromatic N) is 5. The van der Waals surface area contributed by atoms with Crippen LogP contribution in [0.5, 0.6) is 0 Å². The maximum atomic E-state index is 12.4. The molecule has 0 atom stereocenters. The number of nitrogens with two attached hydrogens (primary N) is 1. The van der Waals surface area contributed by atoms with Crippen LogP contribution in [0.3, 0.4) is 0 Å². The highest BCUT2D eigenvalue weighted by Gasteiger charge is 2.16. The summed E-state index contributed by atoms with van der Waals surface area (Å²) in [5, 5.41) is 1.21. The maximum Gasteiger partial charge on any atom is 0.352 e. The molecule has 2 heterocycles. The first kappa shape index (κ1) is 15.8. The van der Waals surface area contributed by atoms with E-state index in [0.717, 1.165) is 11.1 Å². The Labute approximate surface area is 139 Å². The molecule has 24 heavy (non-hydrogen) atoms. The van der Waals surface area contributed by atoms with Crippen LogP contribution in [0.2, 0.25) is 0 Å². The smallest absolute Gasteiger partial charge is 0.276 e. The summed E-state index contributed by atoms with van der Waals surface area (Å²) in [5.74, 6) is 7.17. The molecular formula is C17H18N6O. The van der Waals surface area contributed by atoms with Gasteiger partial charge in [0.15, 0.2) is 0 Å². The van der Waals surface area contributed by atoms with Crippen molar-refractivity contribution in [2.24, 2.45) is 5.84 Å². The van der Waals surface area contributed by atoms with Gasteiger partial charge in [-0.1, -0.05) is 30.3 Å². The number of aromatic nitrogens is 4. The molecule has 7 heteroatoms. The van der Waals surface area contributed by atoms with Crippen LogP contribution in [-0.2, 0) is 6.54 Å². The zero-order valence-corrected chi connectivity index (χ0v) is 13.5. The van der Waals surface area contributed by atoms with Crippen LogP contribution < -0.4 is 16.5 Å². The topological polar surface area (TPSA) is 89.9 Å². The SMILES string of the molecule is CCn1c(-c2ccccc2C)nc(N(N)c2ccccn2)nc1=O. The van der Waals surface area contributed by atoms with E-state index in [2.05, 4.69) is 15.0 Å². The molecule has 122 valence electrons. The molecule has 0 bridgehead atoms. The molecular weight excluding hydrogens is 304 g/mol. The van der Waals surface area contributed by atoms with Crippen LogP contribution in [0.4, 0.5) is 11.8 Å². The molecule has 0 unspecified atom stereocenters. The molecule has 0 fully saturated rings.